The van der Waals surface area contributed by atoms with E-state index >= 15 is 0 Å². The topological polar surface area (TPSA) is 36.4 Å². The van der Waals surface area contributed by atoms with Crippen LogP contribution in [0.1, 0.15) is 29.9 Å². The van der Waals surface area contributed by atoms with Gasteiger partial charge in [-0.25, -0.2) is 0 Å². The smallest absolute Gasteiger partial charge is 0.191 e. The van der Waals surface area contributed by atoms with E-state index in [9.17, 15) is 0 Å². The van der Waals surface area contributed by atoms with Gasteiger partial charge in [0, 0.05) is 19.6 Å². The quantitative estimate of drug-likeness (QED) is 0.507. The molecule has 0 amide bonds. The molecule has 2 N–H and O–H groups in total. The Morgan fingerprint density at radius 3 is 2.86 bits per heavy atom. The van der Waals surface area contributed by atoms with Gasteiger partial charge < -0.3 is 10.6 Å². The Hall–Kier alpha value is -1.77. The van der Waals surface area contributed by atoms with E-state index in [1.165, 1.54) is 6.42 Å². The lowest BCUT2D eigenvalue weighted by atomic mass is 10.0. The standard InChI is InChI=1S/C18H23N3/c1-19-18(21-13-7-3-4-8-13)20-11-16-15-10-12-6-2-5-9-14(12)17(15)16/h2-6,9,13,15-17H,7-8,10-11H2,1H3,(H2,19,20,21). The number of rotatable bonds is 3. The monoisotopic (exact) mass is 281 g/mol. The van der Waals surface area contributed by atoms with Crippen molar-refractivity contribution in [2.45, 2.75) is 31.2 Å². The average molecular weight is 281 g/mol. The summed E-state index contributed by atoms with van der Waals surface area (Å²) in [5.41, 5.74) is 3.17. The molecule has 0 heterocycles. The summed E-state index contributed by atoms with van der Waals surface area (Å²) < 4.78 is 0. The summed E-state index contributed by atoms with van der Waals surface area (Å²) in [6, 6.07) is 9.47. The molecular weight excluding hydrogens is 258 g/mol. The Kier molecular flexibility index (Phi) is 3.21. The fourth-order valence-electron chi connectivity index (χ4n) is 4.10. The number of nitrogens with one attached hydrogen (secondary N) is 2. The predicted octanol–water partition coefficient (Wildman–Crippen LogP) is 2.46. The minimum Gasteiger partial charge on any atom is -0.356 e. The second kappa shape index (κ2) is 5.21. The zero-order valence-corrected chi connectivity index (χ0v) is 12.5. The van der Waals surface area contributed by atoms with Crippen LogP contribution in [0, 0.1) is 11.8 Å². The molecule has 0 aromatic heterocycles. The number of guanidine groups is 1. The van der Waals surface area contributed by atoms with Gasteiger partial charge in [-0.05, 0) is 48.1 Å². The summed E-state index contributed by atoms with van der Waals surface area (Å²) in [6.45, 7) is 1.05. The maximum absolute atomic E-state index is 4.36. The lowest BCUT2D eigenvalue weighted by Crippen LogP contribution is -2.43. The van der Waals surface area contributed by atoms with Gasteiger partial charge in [-0.1, -0.05) is 36.4 Å². The number of hydrogen-bond donors (Lipinski definition) is 2. The molecule has 1 aromatic carbocycles. The Labute approximate surface area is 126 Å². The second-order valence-corrected chi connectivity index (χ2v) is 6.49. The van der Waals surface area contributed by atoms with Crippen LogP contribution in [0.4, 0.5) is 0 Å². The summed E-state index contributed by atoms with van der Waals surface area (Å²) in [5, 5.41) is 7.04. The SMILES string of the molecule is CN=C(NCC1C2Cc3ccccc3C12)NC1CC=CC1. The lowest BCUT2D eigenvalue weighted by molar-refractivity contribution is 0.611. The number of fused-ring (bicyclic) bond motifs is 3. The van der Waals surface area contributed by atoms with Crippen LogP contribution >= 0.6 is 0 Å². The van der Waals surface area contributed by atoms with E-state index in [1.807, 2.05) is 7.05 Å². The minimum atomic E-state index is 0.524. The molecule has 1 saturated carbocycles. The van der Waals surface area contributed by atoms with Crippen molar-refractivity contribution in [3.8, 4) is 0 Å². The Morgan fingerprint density at radius 1 is 1.24 bits per heavy atom. The zero-order valence-electron chi connectivity index (χ0n) is 12.5. The van der Waals surface area contributed by atoms with Crippen LogP contribution in [-0.4, -0.2) is 25.6 Å². The highest BCUT2D eigenvalue weighted by Gasteiger charge is 2.54. The maximum atomic E-state index is 4.36. The van der Waals surface area contributed by atoms with E-state index in [4.69, 9.17) is 0 Å². The van der Waals surface area contributed by atoms with E-state index in [-0.39, 0.29) is 0 Å². The van der Waals surface area contributed by atoms with Crippen LogP contribution in [0.2, 0.25) is 0 Å². The second-order valence-electron chi connectivity index (χ2n) is 6.49. The van der Waals surface area contributed by atoms with Crippen molar-refractivity contribution in [1.82, 2.24) is 10.6 Å². The molecule has 3 unspecified atom stereocenters. The van der Waals surface area contributed by atoms with Crippen LogP contribution < -0.4 is 10.6 Å². The van der Waals surface area contributed by atoms with Crippen LogP contribution in [0.15, 0.2) is 41.4 Å². The Morgan fingerprint density at radius 2 is 2.05 bits per heavy atom. The van der Waals surface area contributed by atoms with Gasteiger partial charge in [-0.3, -0.25) is 4.99 Å². The van der Waals surface area contributed by atoms with E-state index in [2.05, 4.69) is 52.0 Å². The molecule has 4 rings (SSSR count). The maximum Gasteiger partial charge on any atom is 0.191 e. The van der Waals surface area contributed by atoms with Gasteiger partial charge in [0.1, 0.15) is 0 Å². The fraction of sp³-hybridized carbons (Fsp3) is 0.500. The third-order valence-corrected chi connectivity index (χ3v) is 5.28. The number of aliphatic imine (C=N–C) groups is 1. The zero-order chi connectivity index (χ0) is 14.2. The van der Waals surface area contributed by atoms with Crippen molar-refractivity contribution >= 4 is 5.96 Å². The molecule has 110 valence electrons. The van der Waals surface area contributed by atoms with Crippen molar-refractivity contribution in [2.75, 3.05) is 13.6 Å². The molecule has 3 atom stereocenters. The predicted molar refractivity (Wildman–Crippen MR) is 86.5 cm³/mol. The molecule has 1 aromatic rings. The van der Waals surface area contributed by atoms with Gasteiger partial charge in [0.15, 0.2) is 5.96 Å². The van der Waals surface area contributed by atoms with E-state index in [0.29, 0.717) is 6.04 Å². The molecule has 3 aliphatic carbocycles. The van der Waals surface area contributed by atoms with Crippen molar-refractivity contribution in [3.63, 3.8) is 0 Å². The van der Waals surface area contributed by atoms with Crippen molar-refractivity contribution in [2.24, 2.45) is 16.8 Å². The molecule has 0 spiro atoms. The highest BCUT2D eigenvalue weighted by Crippen LogP contribution is 2.60. The van der Waals surface area contributed by atoms with Crippen molar-refractivity contribution < 1.29 is 0 Å². The molecule has 0 radical (unpaired) electrons. The van der Waals surface area contributed by atoms with E-state index in [0.717, 1.165) is 43.1 Å². The summed E-state index contributed by atoms with van der Waals surface area (Å²) in [5.74, 6) is 3.41. The first-order chi connectivity index (χ1) is 10.4. The van der Waals surface area contributed by atoms with Gasteiger partial charge in [0.25, 0.3) is 0 Å². The average Bonchev–Trinajstić information content (AvgIpc) is 2.90. The molecule has 0 saturated heterocycles. The summed E-state index contributed by atoms with van der Waals surface area (Å²) >= 11 is 0. The fourth-order valence-corrected chi connectivity index (χ4v) is 4.10. The lowest BCUT2D eigenvalue weighted by Gasteiger charge is -2.17. The Bertz CT molecular complexity index is 582. The molecular formula is C18H23N3. The molecule has 1 fully saturated rings. The van der Waals surface area contributed by atoms with Crippen LogP contribution in [0.25, 0.3) is 0 Å². The Balaban J connectivity index is 1.31. The van der Waals surface area contributed by atoms with Crippen LogP contribution in [0.3, 0.4) is 0 Å². The molecule has 3 heteroatoms. The van der Waals surface area contributed by atoms with Gasteiger partial charge in [-0.2, -0.15) is 0 Å². The molecule has 21 heavy (non-hydrogen) atoms. The summed E-state index contributed by atoms with van der Waals surface area (Å²) in [4.78, 5) is 4.36. The van der Waals surface area contributed by atoms with Crippen LogP contribution in [-0.2, 0) is 6.42 Å². The molecule has 0 bridgehead atoms. The number of hydrogen-bond acceptors (Lipinski definition) is 1. The molecule has 0 aliphatic heterocycles. The first-order valence-electron chi connectivity index (χ1n) is 8.07. The third kappa shape index (κ3) is 2.35. The van der Waals surface area contributed by atoms with Gasteiger partial charge in [-0.15, -0.1) is 0 Å². The highest BCUT2D eigenvalue weighted by molar-refractivity contribution is 5.80. The first kappa shape index (κ1) is 12.9. The van der Waals surface area contributed by atoms with Crippen molar-refractivity contribution in [3.05, 3.63) is 47.5 Å². The molecule has 3 aliphatic rings. The van der Waals surface area contributed by atoms with Gasteiger partial charge >= 0.3 is 0 Å². The van der Waals surface area contributed by atoms with Gasteiger partial charge in [0.05, 0.1) is 0 Å². The molecule has 3 nitrogen and oxygen atoms in total. The first-order valence-corrected chi connectivity index (χ1v) is 8.07. The summed E-state index contributed by atoms with van der Waals surface area (Å²) in [7, 11) is 1.86. The third-order valence-electron chi connectivity index (χ3n) is 5.28. The van der Waals surface area contributed by atoms with Gasteiger partial charge in [0.2, 0.25) is 0 Å². The largest absolute Gasteiger partial charge is 0.356 e. The van der Waals surface area contributed by atoms with E-state index in [1.54, 1.807) is 11.1 Å². The normalized spacial score (nSPS) is 30.1. The minimum absolute atomic E-state index is 0.524. The van der Waals surface area contributed by atoms with Crippen LogP contribution in [0.5, 0.6) is 0 Å². The number of nitrogens with zero attached hydrogens (tertiary/aromatic N) is 1. The van der Waals surface area contributed by atoms with E-state index < -0.39 is 0 Å². The van der Waals surface area contributed by atoms with Crippen molar-refractivity contribution in [1.29, 1.82) is 0 Å². The highest BCUT2D eigenvalue weighted by atomic mass is 15.2. The summed E-state index contributed by atoms with van der Waals surface area (Å²) in [6.07, 6.45) is 7.98. The number of benzene rings is 1.